The van der Waals surface area contributed by atoms with Gasteiger partial charge in [0, 0.05) is 17.8 Å². The Morgan fingerprint density at radius 2 is 2.00 bits per heavy atom. The molecule has 7 heteroatoms. The average molecular weight is 307 g/mol. The first-order chi connectivity index (χ1) is 9.88. The summed E-state index contributed by atoms with van der Waals surface area (Å²) in [5.41, 5.74) is 1.88. The summed E-state index contributed by atoms with van der Waals surface area (Å²) in [7, 11) is 0. The molecule has 6 nitrogen and oxygen atoms in total. The highest BCUT2D eigenvalue weighted by molar-refractivity contribution is 6.33. The molecule has 0 heterocycles. The molecular formula is C14H11ClN2O4. The predicted octanol–water partition coefficient (Wildman–Crippen LogP) is 4.00. The fourth-order valence-corrected chi connectivity index (χ4v) is 2.08. The predicted molar refractivity (Wildman–Crippen MR) is 79.5 cm³/mol. The lowest BCUT2D eigenvalue weighted by molar-refractivity contribution is -0.384. The minimum Gasteiger partial charge on any atom is -0.478 e. The molecule has 0 aromatic heterocycles. The quantitative estimate of drug-likeness (QED) is 0.658. The molecular weight excluding hydrogens is 296 g/mol. The van der Waals surface area contributed by atoms with Crippen LogP contribution in [0, 0.1) is 17.0 Å². The second-order valence-electron chi connectivity index (χ2n) is 4.38. The van der Waals surface area contributed by atoms with E-state index < -0.39 is 10.9 Å². The zero-order chi connectivity index (χ0) is 15.6. The number of non-ortho nitro benzene ring substituents is 1. The maximum Gasteiger partial charge on any atom is 0.335 e. The van der Waals surface area contributed by atoms with Crippen LogP contribution in [0.3, 0.4) is 0 Å². The van der Waals surface area contributed by atoms with Gasteiger partial charge in [-0.3, -0.25) is 10.1 Å². The van der Waals surface area contributed by atoms with Crippen LogP contribution in [0.1, 0.15) is 15.9 Å². The molecule has 0 bridgehead atoms. The lowest BCUT2D eigenvalue weighted by atomic mass is 10.1. The molecule has 2 aromatic rings. The van der Waals surface area contributed by atoms with Crippen LogP contribution in [-0.2, 0) is 0 Å². The van der Waals surface area contributed by atoms with E-state index >= 15 is 0 Å². The van der Waals surface area contributed by atoms with Gasteiger partial charge in [0.2, 0.25) is 0 Å². The van der Waals surface area contributed by atoms with E-state index in [1.807, 2.05) is 0 Å². The van der Waals surface area contributed by atoms with Gasteiger partial charge in [0.1, 0.15) is 0 Å². The Hall–Kier alpha value is -2.60. The van der Waals surface area contributed by atoms with E-state index in [1.54, 1.807) is 19.1 Å². The zero-order valence-electron chi connectivity index (χ0n) is 11.0. The molecule has 0 saturated carbocycles. The number of hydrogen-bond donors (Lipinski definition) is 2. The number of anilines is 2. The number of carbonyl (C=O) groups is 1. The second kappa shape index (κ2) is 5.80. The molecule has 0 aliphatic carbocycles. The fraction of sp³-hybridized carbons (Fsp3) is 0.0714. The van der Waals surface area contributed by atoms with Crippen molar-refractivity contribution in [2.45, 2.75) is 6.92 Å². The van der Waals surface area contributed by atoms with Gasteiger partial charge < -0.3 is 10.4 Å². The summed E-state index contributed by atoms with van der Waals surface area (Å²) >= 11 is 5.98. The lowest BCUT2D eigenvalue weighted by Crippen LogP contribution is -2.00. The lowest BCUT2D eigenvalue weighted by Gasteiger charge is -2.10. The largest absolute Gasteiger partial charge is 0.478 e. The highest BCUT2D eigenvalue weighted by atomic mass is 35.5. The summed E-state index contributed by atoms with van der Waals surface area (Å²) in [5.74, 6) is -0.993. The molecule has 0 unspecified atom stereocenters. The van der Waals surface area contributed by atoms with Crippen molar-refractivity contribution in [3.63, 3.8) is 0 Å². The Kier molecular flexibility index (Phi) is 4.09. The van der Waals surface area contributed by atoms with Crippen LogP contribution in [0.2, 0.25) is 5.02 Å². The van der Waals surface area contributed by atoms with Crippen LogP contribution in [0.15, 0.2) is 36.4 Å². The Morgan fingerprint density at radius 3 is 2.52 bits per heavy atom. The number of halogens is 1. The van der Waals surface area contributed by atoms with Crippen LogP contribution < -0.4 is 5.32 Å². The van der Waals surface area contributed by atoms with Crippen molar-refractivity contribution in [1.29, 1.82) is 0 Å². The monoisotopic (exact) mass is 306 g/mol. The molecule has 0 fully saturated rings. The number of hydrogen-bond acceptors (Lipinski definition) is 4. The van der Waals surface area contributed by atoms with E-state index in [4.69, 9.17) is 16.7 Å². The van der Waals surface area contributed by atoms with Gasteiger partial charge in [-0.1, -0.05) is 11.6 Å². The minimum atomic E-state index is -0.993. The van der Waals surface area contributed by atoms with E-state index in [0.29, 0.717) is 16.9 Å². The first kappa shape index (κ1) is 14.8. The molecule has 0 saturated heterocycles. The van der Waals surface area contributed by atoms with Crippen molar-refractivity contribution in [2.75, 3.05) is 5.32 Å². The van der Waals surface area contributed by atoms with Crippen molar-refractivity contribution >= 4 is 34.6 Å². The van der Waals surface area contributed by atoms with Crippen LogP contribution in [0.4, 0.5) is 17.1 Å². The molecule has 0 aliphatic rings. The number of nitrogens with zero attached hydrogens (tertiary/aromatic N) is 1. The molecule has 2 rings (SSSR count). The van der Waals surface area contributed by atoms with Gasteiger partial charge in [0.25, 0.3) is 5.69 Å². The highest BCUT2D eigenvalue weighted by Gasteiger charge is 2.11. The number of carboxylic acids is 1. The average Bonchev–Trinajstić information content (AvgIpc) is 2.40. The van der Waals surface area contributed by atoms with Crippen molar-refractivity contribution in [2.24, 2.45) is 0 Å². The van der Waals surface area contributed by atoms with Crippen molar-refractivity contribution < 1.29 is 14.8 Å². The van der Waals surface area contributed by atoms with Gasteiger partial charge in [-0.05, 0) is 36.8 Å². The van der Waals surface area contributed by atoms with E-state index in [2.05, 4.69) is 5.32 Å². The number of rotatable bonds is 4. The van der Waals surface area contributed by atoms with Crippen LogP contribution in [-0.4, -0.2) is 16.0 Å². The number of nitro groups is 1. The number of nitrogens with one attached hydrogen (secondary N) is 1. The third kappa shape index (κ3) is 3.29. The molecule has 0 amide bonds. The standard InChI is InChI=1S/C14H11ClN2O4/c1-8-6-9(2-4-11(8)14(18)19)16-13-5-3-10(17(20)21)7-12(13)15/h2-7,16H,1H3,(H,18,19). The SMILES string of the molecule is Cc1cc(Nc2ccc([N+](=O)[O-])cc2Cl)ccc1C(=O)O. The molecule has 108 valence electrons. The van der Waals surface area contributed by atoms with Crippen molar-refractivity contribution in [1.82, 2.24) is 0 Å². The summed E-state index contributed by atoms with van der Waals surface area (Å²) in [6, 6.07) is 8.85. The zero-order valence-corrected chi connectivity index (χ0v) is 11.7. The third-order valence-corrected chi connectivity index (χ3v) is 3.21. The molecule has 2 aromatic carbocycles. The van der Waals surface area contributed by atoms with Gasteiger partial charge in [0.05, 0.1) is 21.2 Å². The van der Waals surface area contributed by atoms with E-state index in [9.17, 15) is 14.9 Å². The van der Waals surface area contributed by atoms with E-state index in [0.717, 1.165) is 0 Å². The van der Waals surface area contributed by atoms with Gasteiger partial charge >= 0.3 is 5.97 Å². The smallest absolute Gasteiger partial charge is 0.335 e. The Morgan fingerprint density at radius 1 is 1.29 bits per heavy atom. The summed E-state index contributed by atoms with van der Waals surface area (Å²) in [4.78, 5) is 21.1. The normalized spacial score (nSPS) is 10.2. The number of aromatic carboxylic acids is 1. The third-order valence-electron chi connectivity index (χ3n) is 2.90. The van der Waals surface area contributed by atoms with Crippen molar-refractivity contribution in [3.05, 3.63) is 62.7 Å². The highest BCUT2D eigenvalue weighted by Crippen LogP contribution is 2.29. The Bertz CT molecular complexity index is 731. The van der Waals surface area contributed by atoms with E-state index in [1.165, 1.54) is 24.3 Å². The van der Waals surface area contributed by atoms with Gasteiger partial charge in [-0.15, -0.1) is 0 Å². The summed E-state index contributed by atoms with van der Waals surface area (Å²) < 4.78 is 0. The number of nitro benzene ring substituents is 1. The molecule has 0 radical (unpaired) electrons. The van der Waals surface area contributed by atoms with Crippen LogP contribution >= 0.6 is 11.6 Å². The number of carboxylic acid groups (broad SMARTS) is 1. The van der Waals surface area contributed by atoms with Gasteiger partial charge in [-0.2, -0.15) is 0 Å². The molecule has 0 atom stereocenters. The number of aryl methyl sites for hydroxylation is 1. The summed E-state index contributed by atoms with van der Waals surface area (Å²) in [6.45, 7) is 1.69. The van der Waals surface area contributed by atoms with Crippen LogP contribution in [0.5, 0.6) is 0 Å². The van der Waals surface area contributed by atoms with Crippen LogP contribution in [0.25, 0.3) is 0 Å². The first-order valence-corrected chi connectivity index (χ1v) is 6.31. The number of benzene rings is 2. The molecule has 2 N–H and O–H groups in total. The fourth-order valence-electron chi connectivity index (χ4n) is 1.86. The molecule has 0 aliphatic heterocycles. The van der Waals surface area contributed by atoms with Gasteiger partial charge in [-0.25, -0.2) is 4.79 Å². The minimum absolute atomic E-state index is 0.0945. The molecule has 0 spiro atoms. The Labute approximate surface area is 125 Å². The van der Waals surface area contributed by atoms with Gasteiger partial charge in [0.15, 0.2) is 0 Å². The van der Waals surface area contributed by atoms with E-state index in [-0.39, 0.29) is 16.3 Å². The topological polar surface area (TPSA) is 92.5 Å². The maximum atomic E-state index is 10.9. The molecule has 21 heavy (non-hydrogen) atoms. The summed E-state index contributed by atoms with van der Waals surface area (Å²) in [6.07, 6.45) is 0. The van der Waals surface area contributed by atoms with Crippen molar-refractivity contribution in [3.8, 4) is 0 Å². The summed E-state index contributed by atoms with van der Waals surface area (Å²) in [5, 5.41) is 22.8. The first-order valence-electron chi connectivity index (χ1n) is 5.93. The second-order valence-corrected chi connectivity index (χ2v) is 4.79. The Balaban J connectivity index is 2.28. The maximum absolute atomic E-state index is 10.9.